The van der Waals surface area contributed by atoms with Crippen molar-refractivity contribution in [3.63, 3.8) is 0 Å². The lowest BCUT2D eigenvalue weighted by atomic mass is 10.1. The summed E-state index contributed by atoms with van der Waals surface area (Å²) in [5, 5.41) is 11.6. The number of carbonyl (C=O) groups excluding carboxylic acids is 3. The number of rotatable bonds is 40. The number of quaternary nitrogens is 1. The fourth-order valence-corrected chi connectivity index (χ4v) is 6.37. The number of allylic oxidation sites excluding steroid dienone is 12. The Morgan fingerprint density at radius 3 is 1.45 bits per heavy atom. The number of likely N-dealkylation sites (N-methyl/N-ethyl adjacent to an activating group) is 1. The lowest BCUT2D eigenvalue weighted by molar-refractivity contribution is -0.889. The minimum Gasteiger partial charge on any atom is -0.544 e. The molecule has 0 bridgehead atoms. The van der Waals surface area contributed by atoms with Crippen molar-refractivity contribution >= 4 is 17.9 Å². The van der Waals surface area contributed by atoms with Gasteiger partial charge in [-0.05, 0) is 57.8 Å². The third-order valence-electron chi connectivity index (χ3n) is 9.95. The second-order valence-corrected chi connectivity index (χ2v) is 16.4. The molecule has 8 nitrogen and oxygen atoms in total. The largest absolute Gasteiger partial charge is 0.544 e. The van der Waals surface area contributed by atoms with E-state index in [0.29, 0.717) is 12.8 Å². The predicted molar refractivity (Wildman–Crippen MR) is 240 cm³/mol. The second-order valence-electron chi connectivity index (χ2n) is 16.4. The molecule has 0 aliphatic heterocycles. The Hall–Kier alpha value is -3.23. The van der Waals surface area contributed by atoms with Crippen molar-refractivity contribution in [3.05, 3.63) is 72.9 Å². The topological polar surface area (TPSA) is 102 Å². The van der Waals surface area contributed by atoms with Crippen LogP contribution >= 0.6 is 0 Å². The van der Waals surface area contributed by atoms with Crippen LogP contribution in [0, 0.1) is 0 Å². The first-order valence-corrected chi connectivity index (χ1v) is 23.0. The molecule has 2 unspecified atom stereocenters. The van der Waals surface area contributed by atoms with Crippen molar-refractivity contribution in [3.8, 4) is 0 Å². The van der Waals surface area contributed by atoms with Gasteiger partial charge in [0, 0.05) is 19.3 Å². The minimum absolute atomic E-state index is 0.0265. The normalized spacial score (nSPS) is 13.6. The number of carboxylic acids is 1. The highest BCUT2D eigenvalue weighted by Gasteiger charge is 2.25. The molecule has 0 spiro atoms. The van der Waals surface area contributed by atoms with Gasteiger partial charge in [0.2, 0.25) is 0 Å². The summed E-state index contributed by atoms with van der Waals surface area (Å²) >= 11 is 0. The lowest BCUT2D eigenvalue weighted by Crippen LogP contribution is -2.55. The van der Waals surface area contributed by atoms with Crippen molar-refractivity contribution in [2.24, 2.45) is 0 Å². The maximum atomic E-state index is 12.7. The van der Waals surface area contributed by atoms with Crippen LogP contribution in [0.2, 0.25) is 0 Å². The first-order valence-electron chi connectivity index (χ1n) is 23.0. The Morgan fingerprint density at radius 1 is 0.534 bits per heavy atom. The van der Waals surface area contributed by atoms with E-state index in [1.807, 2.05) is 30.4 Å². The molecule has 0 amide bonds. The molecule has 0 aliphatic carbocycles. The van der Waals surface area contributed by atoms with Gasteiger partial charge in [-0.1, -0.05) is 170 Å². The summed E-state index contributed by atoms with van der Waals surface area (Å²) in [5.74, 6) is -1.78. The first kappa shape index (κ1) is 54.8. The number of hydrogen-bond acceptors (Lipinski definition) is 7. The van der Waals surface area contributed by atoms with E-state index >= 15 is 0 Å². The van der Waals surface area contributed by atoms with Gasteiger partial charge in [0.1, 0.15) is 12.6 Å². The number of aliphatic carboxylic acids is 1. The number of esters is 2. The lowest BCUT2D eigenvalue weighted by Gasteiger charge is -2.34. The fraction of sp³-hybridized carbons (Fsp3) is 0.700. The van der Waals surface area contributed by atoms with Gasteiger partial charge in [-0.2, -0.15) is 0 Å². The average molecular weight is 812 g/mol. The van der Waals surface area contributed by atoms with E-state index in [1.165, 1.54) is 77.0 Å². The highest BCUT2D eigenvalue weighted by molar-refractivity contribution is 5.70. The summed E-state index contributed by atoms with van der Waals surface area (Å²) in [6, 6.07) is -0.734. The molecule has 0 fully saturated rings. The Labute approximate surface area is 355 Å². The van der Waals surface area contributed by atoms with Crippen molar-refractivity contribution < 1.29 is 38.2 Å². The van der Waals surface area contributed by atoms with Gasteiger partial charge < -0.3 is 28.6 Å². The van der Waals surface area contributed by atoms with Gasteiger partial charge in [-0.15, -0.1) is 0 Å². The number of unbranched alkanes of at least 4 members (excludes halogenated alkanes) is 18. The van der Waals surface area contributed by atoms with Gasteiger partial charge in [-0.25, -0.2) is 0 Å². The summed E-state index contributed by atoms with van der Waals surface area (Å²) in [5.41, 5.74) is 0. The molecule has 0 aliphatic rings. The van der Waals surface area contributed by atoms with E-state index in [-0.39, 0.29) is 42.7 Å². The predicted octanol–water partition coefficient (Wildman–Crippen LogP) is 11.4. The van der Waals surface area contributed by atoms with Crippen LogP contribution in [-0.4, -0.2) is 75.5 Å². The fourth-order valence-electron chi connectivity index (χ4n) is 6.37. The molecular weight excluding hydrogens is 727 g/mol. The molecule has 0 N–H and O–H groups in total. The molecule has 0 rings (SSSR count). The Morgan fingerprint density at radius 2 is 0.966 bits per heavy atom. The summed E-state index contributed by atoms with van der Waals surface area (Å²) in [7, 11) is 5.39. The maximum absolute atomic E-state index is 12.7. The van der Waals surface area contributed by atoms with E-state index in [2.05, 4.69) is 56.4 Å². The quantitative estimate of drug-likeness (QED) is 0.0263. The summed E-state index contributed by atoms with van der Waals surface area (Å²) < 4.78 is 17.2. The van der Waals surface area contributed by atoms with Crippen LogP contribution in [0.25, 0.3) is 0 Å². The first-order chi connectivity index (χ1) is 28.1. The molecule has 8 heteroatoms. The molecule has 0 saturated heterocycles. The zero-order chi connectivity index (χ0) is 42.8. The Balaban J connectivity index is 4.34. The maximum Gasteiger partial charge on any atom is 0.306 e. The van der Waals surface area contributed by atoms with Crippen LogP contribution < -0.4 is 5.11 Å². The van der Waals surface area contributed by atoms with Crippen LogP contribution in [0.1, 0.15) is 174 Å². The highest BCUT2D eigenvalue weighted by Crippen LogP contribution is 2.14. The molecular formula is C50H85NO7. The SMILES string of the molecule is CC/C=C/C=C/C=C/C=C/CCCCCCCC(=O)OC(COCCC(C(=O)[O-])[N+](C)(C)C)COC(=O)CCCCCCCCCCCC/C=C/C=C/CCCCC. The van der Waals surface area contributed by atoms with E-state index in [9.17, 15) is 19.5 Å². The smallest absolute Gasteiger partial charge is 0.306 e. The highest BCUT2D eigenvalue weighted by atomic mass is 16.6. The van der Waals surface area contributed by atoms with Crippen LogP contribution in [0.3, 0.4) is 0 Å². The third kappa shape index (κ3) is 38.3. The molecule has 0 aromatic rings. The molecule has 0 aromatic carbocycles. The molecule has 0 saturated carbocycles. The average Bonchev–Trinajstić information content (AvgIpc) is 3.18. The van der Waals surface area contributed by atoms with E-state index < -0.39 is 18.1 Å². The van der Waals surface area contributed by atoms with Crippen LogP contribution in [0.5, 0.6) is 0 Å². The van der Waals surface area contributed by atoms with Gasteiger partial charge in [0.05, 0.1) is 40.3 Å². The monoisotopic (exact) mass is 812 g/mol. The standard InChI is InChI=1S/C50H85NO7/c1-6-8-10-12-14-16-18-20-22-23-24-25-27-28-30-32-34-36-38-40-48(52)57-45-46(44-56-43-42-47(50(54)55)51(3,4)5)58-49(53)41-39-37-35-33-31-29-26-21-19-17-15-13-11-9-7-2/h9,11,13-21,26,46-47H,6-8,10,12,22-25,27-45H2,1-5H3/b11-9+,15-13+,16-14+,19-17+,20-18+,26-21+. The van der Waals surface area contributed by atoms with Crippen LogP contribution in [0.15, 0.2) is 72.9 Å². The van der Waals surface area contributed by atoms with Crippen molar-refractivity contribution in [2.75, 3.05) is 41.0 Å². The Bertz CT molecular complexity index is 1180. The zero-order valence-electron chi connectivity index (χ0n) is 37.7. The second kappa shape index (κ2) is 40.5. The summed E-state index contributed by atoms with van der Waals surface area (Å²) in [4.78, 5) is 36.9. The third-order valence-corrected chi connectivity index (χ3v) is 9.95. The number of ether oxygens (including phenoxy) is 3. The Kier molecular flexibility index (Phi) is 38.3. The van der Waals surface area contributed by atoms with Crippen LogP contribution in [0.4, 0.5) is 0 Å². The summed E-state index contributed by atoms with van der Waals surface area (Å²) in [6.07, 6.45) is 50.6. The van der Waals surface area contributed by atoms with Gasteiger partial charge >= 0.3 is 11.9 Å². The number of nitrogens with zero attached hydrogens (tertiary/aromatic N) is 1. The van der Waals surface area contributed by atoms with E-state index in [4.69, 9.17) is 14.2 Å². The van der Waals surface area contributed by atoms with Gasteiger partial charge in [0.15, 0.2) is 6.10 Å². The van der Waals surface area contributed by atoms with E-state index in [0.717, 1.165) is 64.2 Å². The van der Waals surface area contributed by atoms with E-state index in [1.54, 1.807) is 21.1 Å². The summed E-state index contributed by atoms with van der Waals surface area (Å²) in [6.45, 7) is 4.46. The van der Waals surface area contributed by atoms with Crippen LogP contribution in [-0.2, 0) is 28.6 Å². The molecule has 0 heterocycles. The number of hydrogen-bond donors (Lipinski definition) is 0. The zero-order valence-corrected chi connectivity index (χ0v) is 37.7. The van der Waals surface area contributed by atoms with Crippen molar-refractivity contribution in [1.29, 1.82) is 0 Å². The van der Waals surface area contributed by atoms with Gasteiger partial charge in [-0.3, -0.25) is 9.59 Å². The molecule has 0 radical (unpaired) electrons. The molecule has 0 aromatic heterocycles. The molecule has 332 valence electrons. The number of carbonyl (C=O) groups is 3. The number of carboxylic acid groups (broad SMARTS) is 1. The molecule has 2 atom stereocenters. The van der Waals surface area contributed by atoms with Crippen molar-refractivity contribution in [2.45, 2.75) is 187 Å². The van der Waals surface area contributed by atoms with Crippen molar-refractivity contribution in [1.82, 2.24) is 0 Å². The molecule has 58 heavy (non-hydrogen) atoms. The minimum atomic E-state index is -1.13. The van der Waals surface area contributed by atoms with Gasteiger partial charge in [0.25, 0.3) is 0 Å².